The summed E-state index contributed by atoms with van der Waals surface area (Å²) in [7, 11) is 0. The lowest BCUT2D eigenvalue weighted by molar-refractivity contribution is -0.131. The molecule has 33 heavy (non-hydrogen) atoms. The van der Waals surface area contributed by atoms with E-state index in [1.807, 2.05) is 36.4 Å². The summed E-state index contributed by atoms with van der Waals surface area (Å²) in [6.45, 7) is 9.55. The first-order valence-corrected chi connectivity index (χ1v) is 12.0. The molecule has 0 bridgehead atoms. The average Bonchev–Trinajstić information content (AvgIpc) is 2.80. The van der Waals surface area contributed by atoms with Gasteiger partial charge in [-0.25, -0.2) is 0 Å². The van der Waals surface area contributed by atoms with Crippen molar-refractivity contribution in [3.8, 4) is 0 Å². The van der Waals surface area contributed by atoms with Gasteiger partial charge in [-0.3, -0.25) is 9.59 Å². The van der Waals surface area contributed by atoms with Crippen LogP contribution in [0, 0.1) is 11.3 Å². The molecule has 2 unspecified atom stereocenters. The highest BCUT2D eigenvalue weighted by Gasteiger charge is 2.33. The van der Waals surface area contributed by atoms with Crippen LogP contribution in [0.2, 0.25) is 0 Å². The van der Waals surface area contributed by atoms with Gasteiger partial charge in [-0.2, -0.15) is 0 Å². The van der Waals surface area contributed by atoms with Gasteiger partial charge >= 0.3 is 0 Å². The molecule has 3 rings (SSSR count). The summed E-state index contributed by atoms with van der Waals surface area (Å²) in [5, 5.41) is 13.8. The minimum absolute atomic E-state index is 0.106. The molecule has 0 amide bonds. The monoisotopic (exact) mass is 447 g/mol. The SMILES string of the molecule is CC(=CCC1=C(O)C(NCCc2ccccc2)=CC(=O)C1=O)CCC1(C)CCC=C(C)C1C. The Morgan fingerprint density at radius 1 is 1.24 bits per heavy atom. The standard InChI is InChI=1S/C29H37NO3/c1-20(14-17-29(4)16-8-9-21(2)22(29)3)12-13-24-27(32)25(19-26(31)28(24)33)30-18-15-23-10-6-5-7-11-23/h5-7,9-12,19,22,30,32H,8,13-18H2,1-4H3. The minimum Gasteiger partial charge on any atom is -0.505 e. The molecule has 0 heterocycles. The molecule has 0 spiro atoms. The molecule has 0 aliphatic heterocycles. The van der Waals surface area contributed by atoms with E-state index in [1.54, 1.807) is 0 Å². The molecule has 0 radical (unpaired) electrons. The Morgan fingerprint density at radius 3 is 2.70 bits per heavy atom. The zero-order valence-corrected chi connectivity index (χ0v) is 20.4. The summed E-state index contributed by atoms with van der Waals surface area (Å²) in [5.41, 5.74) is 4.63. The van der Waals surface area contributed by atoms with Crippen molar-refractivity contribution in [1.82, 2.24) is 5.32 Å². The van der Waals surface area contributed by atoms with Gasteiger partial charge in [0.15, 0.2) is 0 Å². The Kier molecular flexibility index (Phi) is 8.12. The van der Waals surface area contributed by atoms with E-state index in [2.05, 4.69) is 39.1 Å². The molecule has 4 nitrogen and oxygen atoms in total. The normalized spacial score (nSPS) is 24.0. The van der Waals surface area contributed by atoms with Crippen LogP contribution < -0.4 is 5.32 Å². The van der Waals surface area contributed by atoms with Gasteiger partial charge in [-0.1, -0.05) is 67.5 Å². The van der Waals surface area contributed by atoms with Crippen LogP contribution in [0.3, 0.4) is 0 Å². The van der Waals surface area contributed by atoms with Crippen molar-refractivity contribution >= 4 is 11.6 Å². The summed E-state index contributed by atoms with van der Waals surface area (Å²) in [5.74, 6) is -0.732. The molecular formula is C29H37NO3. The van der Waals surface area contributed by atoms with Crippen LogP contribution in [0.4, 0.5) is 0 Å². The molecule has 4 heteroatoms. The van der Waals surface area contributed by atoms with Crippen molar-refractivity contribution in [3.63, 3.8) is 0 Å². The summed E-state index contributed by atoms with van der Waals surface area (Å²) in [6.07, 6.45) is 11.0. The molecule has 0 saturated heterocycles. The van der Waals surface area contributed by atoms with Gasteiger partial charge in [0.2, 0.25) is 11.6 Å². The number of carbonyl (C=O) groups is 2. The Bertz CT molecular complexity index is 1010. The van der Waals surface area contributed by atoms with Gasteiger partial charge in [-0.15, -0.1) is 0 Å². The van der Waals surface area contributed by atoms with Crippen molar-refractivity contribution in [3.05, 3.63) is 82.3 Å². The van der Waals surface area contributed by atoms with Crippen molar-refractivity contribution < 1.29 is 14.7 Å². The van der Waals surface area contributed by atoms with E-state index in [9.17, 15) is 14.7 Å². The smallest absolute Gasteiger partial charge is 0.233 e. The zero-order chi connectivity index (χ0) is 24.0. The number of hydrogen-bond acceptors (Lipinski definition) is 4. The lowest BCUT2D eigenvalue weighted by Gasteiger charge is -2.40. The van der Waals surface area contributed by atoms with Gasteiger partial charge in [0, 0.05) is 12.6 Å². The molecule has 176 valence electrons. The fraction of sp³-hybridized carbons (Fsp3) is 0.448. The molecule has 2 N–H and O–H groups in total. The summed E-state index contributed by atoms with van der Waals surface area (Å²) in [6, 6.07) is 10.00. The number of ketones is 2. The van der Waals surface area contributed by atoms with Crippen LogP contribution in [0.1, 0.15) is 65.4 Å². The second-order valence-corrected chi connectivity index (χ2v) is 9.86. The average molecular weight is 448 g/mol. The molecule has 2 aliphatic rings. The van der Waals surface area contributed by atoms with E-state index < -0.39 is 11.6 Å². The predicted molar refractivity (Wildman–Crippen MR) is 134 cm³/mol. The third kappa shape index (κ3) is 6.13. The number of nitrogens with one attached hydrogen (secondary N) is 1. The van der Waals surface area contributed by atoms with Crippen LogP contribution >= 0.6 is 0 Å². The molecule has 2 atom stereocenters. The molecule has 0 fully saturated rings. The van der Waals surface area contributed by atoms with E-state index in [0.29, 0.717) is 18.2 Å². The number of aliphatic hydroxyl groups is 1. The second-order valence-electron chi connectivity index (χ2n) is 9.86. The van der Waals surface area contributed by atoms with E-state index in [4.69, 9.17) is 0 Å². The quantitative estimate of drug-likeness (QED) is 0.270. The van der Waals surface area contributed by atoms with Crippen molar-refractivity contribution in [2.24, 2.45) is 11.3 Å². The highest BCUT2D eigenvalue weighted by molar-refractivity contribution is 6.48. The largest absolute Gasteiger partial charge is 0.505 e. The van der Waals surface area contributed by atoms with Gasteiger partial charge in [0.25, 0.3) is 0 Å². The fourth-order valence-electron chi connectivity index (χ4n) is 4.77. The number of rotatable bonds is 9. The Morgan fingerprint density at radius 2 is 1.97 bits per heavy atom. The molecule has 2 aliphatic carbocycles. The third-order valence-corrected chi connectivity index (χ3v) is 7.54. The van der Waals surface area contributed by atoms with Crippen molar-refractivity contribution in [2.75, 3.05) is 6.54 Å². The molecule has 0 saturated carbocycles. The molecule has 0 aromatic heterocycles. The number of allylic oxidation sites excluding steroid dienone is 6. The summed E-state index contributed by atoms with van der Waals surface area (Å²) < 4.78 is 0. The van der Waals surface area contributed by atoms with Crippen molar-refractivity contribution in [2.45, 2.75) is 66.2 Å². The highest BCUT2D eigenvalue weighted by Crippen LogP contribution is 2.45. The topological polar surface area (TPSA) is 66.4 Å². The summed E-state index contributed by atoms with van der Waals surface area (Å²) >= 11 is 0. The van der Waals surface area contributed by atoms with Crippen LogP contribution in [-0.2, 0) is 16.0 Å². The van der Waals surface area contributed by atoms with E-state index in [-0.39, 0.29) is 23.2 Å². The Labute approximate surface area is 198 Å². The van der Waals surface area contributed by atoms with Gasteiger partial charge in [0.05, 0.1) is 11.3 Å². The maximum Gasteiger partial charge on any atom is 0.233 e. The van der Waals surface area contributed by atoms with E-state index >= 15 is 0 Å². The van der Waals surface area contributed by atoms with Gasteiger partial charge in [-0.05, 0) is 69.3 Å². The Hall–Kier alpha value is -2.88. The van der Waals surface area contributed by atoms with Crippen LogP contribution in [-0.4, -0.2) is 23.2 Å². The molecular weight excluding hydrogens is 410 g/mol. The number of hydrogen-bond donors (Lipinski definition) is 2. The van der Waals surface area contributed by atoms with Crippen LogP contribution in [0.5, 0.6) is 0 Å². The maximum absolute atomic E-state index is 12.4. The second kappa shape index (κ2) is 10.8. The fourth-order valence-corrected chi connectivity index (χ4v) is 4.77. The van der Waals surface area contributed by atoms with E-state index in [1.165, 1.54) is 23.6 Å². The maximum atomic E-state index is 12.4. The van der Waals surface area contributed by atoms with E-state index in [0.717, 1.165) is 31.2 Å². The number of aliphatic hydroxyl groups excluding tert-OH is 1. The van der Waals surface area contributed by atoms with Gasteiger partial charge < -0.3 is 10.4 Å². The first-order chi connectivity index (χ1) is 15.7. The summed E-state index contributed by atoms with van der Waals surface area (Å²) in [4.78, 5) is 24.7. The zero-order valence-electron chi connectivity index (χ0n) is 20.4. The minimum atomic E-state index is -0.612. The lowest BCUT2D eigenvalue weighted by atomic mass is 9.65. The number of Topliss-reactive ketones (excluding diaryl/α,β-unsaturated/α-hetero) is 1. The molecule has 1 aromatic carbocycles. The number of benzene rings is 1. The highest BCUT2D eigenvalue weighted by atomic mass is 16.3. The molecule has 1 aromatic rings. The number of carbonyl (C=O) groups excluding carboxylic acids is 2. The van der Waals surface area contributed by atoms with Gasteiger partial charge in [0.1, 0.15) is 5.76 Å². The van der Waals surface area contributed by atoms with Crippen molar-refractivity contribution in [1.29, 1.82) is 0 Å². The van der Waals surface area contributed by atoms with Crippen LogP contribution in [0.15, 0.2) is 76.7 Å². The third-order valence-electron chi connectivity index (χ3n) is 7.54. The lowest BCUT2D eigenvalue weighted by Crippen LogP contribution is -2.29. The van der Waals surface area contributed by atoms with Crippen LogP contribution in [0.25, 0.3) is 0 Å². The first-order valence-electron chi connectivity index (χ1n) is 12.0. The Balaban J connectivity index is 1.61. The predicted octanol–water partition coefficient (Wildman–Crippen LogP) is 6.17. The first kappa shape index (κ1) is 24.8.